The standard InChI is InChI=1S/C19H25F2N5O2/c1-18(2,3)28-17(27)26-6-4-5-11(9-26)25-16-14-12(13-7-19(13,20)21)8-22-15(14)23-10-24-16/h8,10-11,13H,4-7,9H2,1-3H3,(H2,22,23,24,25)/t11-,13?/m1/s1. The SMILES string of the molecule is CC(C)(C)OC(=O)N1CCC[C@@H](Nc2ncnc3[nH]cc(C4CC4(F)F)c23)C1. The van der Waals surface area contributed by atoms with Gasteiger partial charge in [0.1, 0.15) is 23.4 Å². The molecular formula is C19H25F2N5O2. The van der Waals surface area contributed by atoms with E-state index in [9.17, 15) is 13.6 Å². The summed E-state index contributed by atoms with van der Waals surface area (Å²) in [6.45, 7) is 6.62. The Morgan fingerprint density at radius 1 is 1.39 bits per heavy atom. The first-order chi connectivity index (χ1) is 13.1. The second kappa shape index (κ2) is 6.56. The smallest absolute Gasteiger partial charge is 0.410 e. The van der Waals surface area contributed by atoms with Crippen molar-refractivity contribution in [1.82, 2.24) is 19.9 Å². The molecule has 3 heterocycles. The molecular weight excluding hydrogens is 368 g/mol. The van der Waals surface area contributed by atoms with E-state index in [1.54, 1.807) is 11.1 Å². The van der Waals surface area contributed by atoms with Crippen molar-refractivity contribution < 1.29 is 18.3 Å². The molecule has 0 bridgehead atoms. The lowest BCUT2D eigenvalue weighted by Gasteiger charge is -2.34. The van der Waals surface area contributed by atoms with Gasteiger partial charge in [0, 0.05) is 31.7 Å². The lowest BCUT2D eigenvalue weighted by atomic mass is 10.1. The van der Waals surface area contributed by atoms with Crippen LogP contribution >= 0.6 is 0 Å². The van der Waals surface area contributed by atoms with Gasteiger partial charge in [0.05, 0.1) is 11.3 Å². The molecule has 9 heteroatoms. The molecule has 0 aromatic carbocycles. The Bertz CT molecular complexity index is 892. The number of amides is 1. The fraction of sp³-hybridized carbons (Fsp3) is 0.632. The van der Waals surface area contributed by atoms with Gasteiger partial charge in [-0.15, -0.1) is 0 Å². The van der Waals surface area contributed by atoms with Gasteiger partial charge in [0.2, 0.25) is 0 Å². The summed E-state index contributed by atoms with van der Waals surface area (Å²) in [6, 6.07) is -0.0400. The Morgan fingerprint density at radius 3 is 2.82 bits per heavy atom. The van der Waals surface area contributed by atoms with E-state index in [4.69, 9.17) is 4.74 Å². The van der Waals surface area contributed by atoms with E-state index < -0.39 is 17.4 Å². The Morgan fingerprint density at radius 2 is 2.14 bits per heavy atom. The maximum Gasteiger partial charge on any atom is 0.410 e. The summed E-state index contributed by atoms with van der Waals surface area (Å²) in [6.07, 6.45) is 4.20. The zero-order valence-corrected chi connectivity index (χ0v) is 16.3. The van der Waals surface area contributed by atoms with Crippen LogP contribution in [0.25, 0.3) is 11.0 Å². The van der Waals surface area contributed by atoms with Crippen molar-refractivity contribution in [1.29, 1.82) is 0 Å². The van der Waals surface area contributed by atoms with E-state index >= 15 is 0 Å². The number of carbonyl (C=O) groups is 1. The summed E-state index contributed by atoms with van der Waals surface area (Å²) in [5.41, 5.74) is 0.532. The van der Waals surface area contributed by atoms with E-state index in [0.717, 1.165) is 12.8 Å². The van der Waals surface area contributed by atoms with Gasteiger partial charge in [0.25, 0.3) is 5.92 Å². The minimum atomic E-state index is -2.67. The van der Waals surface area contributed by atoms with Crippen molar-refractivity contribution in [3.05, 3.63) is 18.1 Å². The molecule has 1 unspecified atom stereocenters. The summed E-state index contributed by atoms with van der Waals surface area (Å²) in [7, 11) is 0. The monoisotopic (exact) mass is 393 g/mol. The third-order valence-electron chi connectivity index (χ3n) is 5.12. The van der Waals surface area contributed by atoms with Gasteiger partial charge in [-0.25, -0.2) is 23.5 Å². The molecule has 28 heavy (non-hydrogen) atoms. The highest BCUT2D eigenvalue weighted by Crippen LogP contribution is 2.57. The van der Waals surface area contributed by atoms with Crippen LogP contribution in [-0.2, 0) is 4.74 Å². The number of aromatic nitrogens is 3. The number of carbonyl (C=O) groups excluding carboxylic acids is 1. The first-order valence-corrected chi connectivity index (χ1v) is 9.58. The number of nitrogens with zero attached hydrogens (tertiary/aromatic N) is 3. The minimum Gasteiger partial charge on any atom is -0.444 e. The Kier molecular flexibility index (Phi) is 4.43. The number of piperidine rings is 1. The van der Waals surface area contributed by atoms with Crippen LogP contribution < -0.4 is 5.32 Å². The van der Waals surface area contributed by atoms with Gasteiger partial charge in [-0.3, -0.25) is 0 Å². The fourth-order valence-corrected chi connectivity index (χ4v) is 3.70. The number of alkyl halides is 2. The number of hydrogen-bond donors (Lipinski definition) is 2. The second-order valence-electron chi connectivity index (χ2n) is 8.62. The quantitative estimate of drug-likeness (QED) is 0.827. The highest BCUT2D eigenvalue weighted by Gasteiger charge is 2.58. The van der Waals surface area contributed by atoms with E-state index in [-0.39, 0.29) is 18.6 Å². The highest BCUT2D eigenvalue weighted by molar-refractivity contribution is 5.91. The lowest BCUT2D eigenvalue weighted by Crippen LogP contribution is -2.47. The van der Waals surface area contributed by atoms with Crippen molar-refractivity contribution in [3.8, 4) is 0 Å². The minimum absolute atomic E-state index is 0.0400. The van der Waals surface area contributed by atoms with E-state index in [2.05, 4.69) is 20.3 Å². The Labute approximate surface area is 161 Å². The molecule has 1 aliphatic heterocycles. The number of aromatic amines is 1. The highest BCUT2D eigenvalue weighted by atomic mass is 19.3. The van der Waals surface area contributed by atoms with Crippen LogP contribution in [0.1, 0.15) is 51.5 Å². The molecule has 7 nitrogen and oxygen atoms in total. The van der Waals surface area contributed by atoms with E-state index in [1.807, 2.05) is 20.8 Å². The zero-order chi connectivity index (χ0) is 20.1. The first kappa shape index (κ1) is 18.9. The molecule has 0 spiro atoms. The molecule has 1 aliphatic carbocycles. The Balaban J connectivity index is 1.52. The summed E-state index contributed by atoms with van der Waals surface area (Å²) < 4.78 is 32.7. The molecule has 2 aromatic rings. The van der Waals surface area contributed by atoms with Crippen LogP contribution in [0.3, 0.4) is 0 Å². The van der Waals surface area contributed by atoms with Crippen molar-refractivity contribution in [2.45, 2.75) is 63.5 Å². The van der Waals surface area contributed by atoms with E-state index in [1.165, 1.54) is 6.33 Å². The average molecular weight is 393 g/mol. The molecule has 2 N–H and O–H groups in total. The first-order valence-electron chi connectivity index (χ1n) is 9.58. The summed E-state index contributed by atoms with van der Waals surface area (Å²) in [5, 5.41) is 3.95. The molecule has 1 amide bonds. The van der Waals surface area contributed by atoms with Crippen molar-refractivity contribution >= 4 is 22.9 Å². The number of rotatable bonds is 3. The fourth-order valence-electron chi connectivity index (χ4n) is 3.70. The normalized spacial score (nSPS) is 24.2. The number of likely N-dealkylation sites (tertiary alicyclic amines) is 1. The maximum atomic E-state index is 13.6. The van der Waals surface area contributed by atoms with Gasteiger partial charge in [-0.05, 0) is 39.2 Å². The number of anilines is 1. The second-order valence-corrected chi connectivity index (χ2v) is 8.62. The number of fused-ring (bicyclic) bond motifs is 1. The van der Waals surface area contributed by atoms with E-state index in [0.29, 0.717) is 35.5 Å². The number of halogens is 2. The van der Waals surface area contributed by atoms with Gasteiger partial charge < -0.3 is 19.9 Å². The van der Waals surface area contributed by atoms with Crippen molar-refractivity contribution in [3.63, 3.8) is 0 Å². The molecule has 152 valence electrons. The number of nitrogens with one attached hydrogen (secondary N) is 2. The van der Waals surface area contributed by atoms with Gasteiger partial charge >= 0.3 is 6.09 Å². The average Bonchev–Trinajstić information content (AvgIpc) is 3.03. The molecule has 1 saturated carbocycles. The van der Waals surface area contributed by atoms with Crippen LogP contribution in [-0.4, -0.2) is 56.6 Å². The zero-order valence-electron chi connectivity index (χ0n) is 16.3. The predicted molar refractivity (Wildman–Crippen MR) is 101 cm³/mol. The van der Waals surface area contributed by atoms with Crippen LogP contribution in [0.2, 0.25) is 0 Å². The van der Waals surface area contributed by atoms with Gasteiger partial charge in [-0.1, -0.05) is 0 Å². The molecule has 2 aliphatic rings. The summed E-state index contributed by atoms with van der Waals surface area (Å²) in [4.78, 5) is 25.5. The molecule has 1 saturated heterocycles. The van der Waals surface area contributed by atoms with Crippen molar-refractivity contribution in [2.75, 3.05) is 18.4 Å². The summed E-state index contributed by atoms with van der Waals surface area (Å²) >= 11 is 0. The molecule has 2 fully saturated rings. The molecule has 2 atom stereocenters. The van der Waals surface area contributed by atoms with Crippen LogP contribution in [0, 0.1) is 0 Å². The number of H-pyrrole nitrogens is 1. The molecule has 4 rings (SSSR count). The van der Waals surface area contributed by atoms with Crippen LogP contribution in [0.15, 0.2) is 12.5 Å². The molecule has 2 aromatic heterocycles. The third kappa shape index (κ3) is 3.74. The predicted octanol–water partition coefficient (Wildman–Crippen LogP) is 3.89. The van der Waals surface area contributed by atoms with Crippen LogP contribution in [0.4, 0.5) is 19.4 Å². The number of ether oxygens (including phenoxy) is 1. The lowest BCUT2D eigenvalue weighted by molar-refractivity contribution is 0.0206. The van der Waals surface area contributed by atoms with Crippen molar-refractivity contribution in [2.24, 2.45) is 0 Å². The number of hydrogen-bond acceptors (Lipinski definition) is 5. The maximum absolute atomic E-state index is 13.6. The third-order valence-corrected chi connectivity index (χ3v) is 5.12. The topological polar surface area (TPSA) is 83.1 Å². The largest absolute Gasteiger partial charge is 0.444 e. The summed E-state index contributed by atoms with van der Waals surface area (Å²) in [5.74, 6) is -2.93. The van der Waals surface area contributed by atoms with Gasteiger partial charge in [-0.2, -0.15) is 0 Å². The van der Waals surface area contributed by atoms with Gasteiger partial charge in [0.15, 0.2) is 0 Å². The molecule has 0 radical (unpaired) electrons. The van der Waals surface area contributed by atoms with Crippen LogP contribution in [0.5, 0.6) is 0 Å². The Hall–Kier alpha value is -2.45.